The first-order valence-electron chi connectivity index (χ1n) is 23.7. The maximum absolute atomic E-state index is 17.5. The van der Waals surface area contributed by atoms with Crippen molar-refractivity contribution < 1.29 is 4.39 Å². The fourth-order valence-corrected chi connectivity index (χ4v) is 10.4. The van der Waals surface area contributed by atoms with Crippen LogP contribution in [-0.2, 0) is 0 Å². The van der Waals surface area contributed by atoms with E-state index < -0.39 is 5.82 Å². The van der Waals surface area contributed by atoms with Crippen LogP contribution in [0.25, 0.3) is 115 Å². The second-order valence-corrected chi connectivity index (χ2v) is 18.1. The fraction of sp³-hybridized carbons (Fsp3) is 0. The Morgan fingerprint density at radius 3 is 1.05 bits per heavy atom. The summed E-state index contributed by atoms with van der Waals surface area (Å²) in [6.07, 6.45) is 0. The van der Waals surface area contributed by atoms with E-state index in [9.17, 15) is 26.3 Å². The molecule has 0 spiro atoms. The van der Waals surface area contributed by atoms with Gasteiger partial charge >= 0.3 is 0 Å². The Morgan fingerprint density at radius 2 is 0.693 bits per heavy atom. The summed E-state index contributed by atoms with van der Waals surface area (Å²) in [5, 5.41) is 54.5. The molecule has 0 fully saturated rings. The van der Waals surface area contributed by atoms with Crippen molar-refractivity contribution in [1.29, 1.82) is 26.3 Å². The van der Waals surface area contributed by atoms with Crippen LogP contribution in [0.4, 0.5) is 10.1 Å². The van der Waals surface area contributed by atoms with E-state index >= 15 is 4.39 Å². The molecule has 0 saturated carbocycles. The highest BCUT2D eigenvalue weighted by Crippen LogP contribution is 2.46. The fourth-order valence-electron chi connectivity index (χ4n) is 10.4. The molecule has 0 atom stereocenters. The minimum absolute atomic E-state index is 0.130. The molecule has 12 rings (SSSR count). The Hall–Kier alpha value is -11.3. The molecule has 0 N–H and O–H groups in total. The van der Waals surface area contributed by atoms with Gasteiger partial charge in [0.1, 0.15) is 5.82 Å². The van der Waals surface area contributed by atoms with Crippen molar-refractivity contribution in [1.82, 2.24) is 9.13 Å². The SMILES string of the molecule is [C-]#[N+]c1cccc(-c2ccc3c4ccc(-c5cccc(C#N)c5)cc4n(-c4cc(C#N)cc(-n5c6cc(-c7cccc(C#N)c7)ccc6c6ccc(-c7cccc(C#N)c7)cc65)c4-c4ccc(C#N)cc4F)c3c2)c1. The molecule has 8 nitrogen and oxygen atoms in total. The van der Waals surface area contributed by atoms with Crippen molar-refractivity contribution in [2.45, 2.75) is 0 Å². The second kappa shape index (κ2) is 18.1. The number of rotatable bonds is 7. The Bertz CT molecular complexity index is 4220. The first-order chi connectivity index (χ1) is 36.8. The standard InChI is InChI=1S/C66H33FN8/c1-73-53-13-5-12-48(30-53)52-18-23-57-56-22-17-51(47-11-4-8-42(26-47)37-70)33-62(56)75(63(57)34-52)65-29-44(39-72)28-64(66(65)58-19-14-43(38-71)27-59(58)67)74-60-31-49(45-9-2-6-40(24-45)35-68)15-20-54(60)55-21-16-50(32-61(55)74)46-10-3-7-41(25-46)36-69/h2-34H. The van der Waals surface area contributed by atoms with Gasteiger partial charge in [-0.05, 0) is 142 Å². The van der Waals surface area contributed by atoms with Crippen LogP contribution < -0.4 is 0 Å². The van der Waals surface area contributed by atoms with Gasteiger partial charge in [-0.3, -0.25) is 0 Å². The molecular weight excluding hydrogens is 924 g/mol. The molecule has 0 saturated heterocycles. The van der Waals surface area contributed by atoms with Gasteiger partial charge in [0.05, 0.1) is 98.2 Å². The van der Waals surface area contributed by atoms with Crippen LogP contribution in [-0.4, -0.2) is 9.13 Å². The molecule has 344 valence electrons. The van der Waals surface area contributed by atoms with E-state index in [0.29, 0.717) is 39.3 Å². The summed E-state index contributed by atoms with van der Waals surface area (Å²) in [4.78, 5) is 3.70. The van der Waals surface area contributed by atoms with Crippen molar-refractivity contribution in [3.8, 4) is 97.4 Å². The van der Waals surface area contributed by atoms with Crippen LogP contribution in [0.1, 0.15) is 27.8 Å². The summed E-state index contributed by atoms with van der Waals surface area (Å²) in [5.41, 5.74) is 13.4. The van der Waals surface area contributed by atoms with Crippen LogP contribution in [0, 0.1) is 69.0 Å². The van der Waals surface area contributed by atoms with E-state index in [1.165, 1.54) is 6.07 Å². The van der Waals surface area contributed by atoms with E-state index in [1.807, 2.05) is 140 Å². The molecular formula is C66H33FN8. The zero-order chi connectivity index (χ0) is 51.3. The lowest BCUT2D eigenvalue weighted by atomic mass is 9.96. The second-order valence-electron chi connectivity index (χ2n) is 18.1. The Balaban J connectivity index is 1.26. The van der Waals surface area contributed by atoms with E-state index in [4.69, 9.17) is 6.57 Å². The molecule has 0 aliphatic heterocycles. The number of halogens is 1. The van der Waals surface area contributed by atoms with Crippen molar-refractivity contribution in [3.63, 3.8) is 0 Å². The third kappa shape index (κ3) is 7.65. The average molecular weight is 957 g/mol. The lowest BCUT2D eigenvalue weighted by molar-refractivity contribution is 0.630. The van der Waals surface area contributed by atoms with Gasteiger partial charge in [0.2, 0.25) is 0 Å². The molecule has 2 heterocycles. The molecule has 0 unspecified atom stereocenters. The van der Waals surface area contributed by atoms with Gasteiger partial charge < -0.3 is 9.13 Å². The maximum atomic E-state index is 17.5. The van der Waals surface area contributed by atoms with Gasteiger partial charge in [0, 0.05) is 32.7 Å². The first-order valence-corrected chi connectivity index (χ1v) is 23.7. The molecule has 75 heavy (non-hydrogen) atoms. The van der Waals surface area contributed by atoms with Crippen LogP contribution >= 0.6 is 0 Å². The number of hydrogen-bond donors (Lipinski definition) is 0. The summed E-state index contributed by atoms with van der Waals surface area (Å²) < 4.78 is 21.6. The van der Waals surface area contributed by atoms with Crippen LogP contribution in [0.2, 0.25) is 0 Å². The monoisotopic (exact) mass is 956 g/mol. The van der Waals surface area contributed by atoms with Gasteiger partial charge in [-0.1, -0.05) is 103 Å². The van der Waals surface area contributed by atoms with Gasteiger partial charge in [-0.25, -0.2) is 9.24 Å². The number of fused-ring (bicyclic) bond motifs is 6. The zero-order valence-electron chi connectivity index (χ0n) is 39.5. The Morgan fingerprint density at radius 1 is 0.347 bits per heavy atom. The highest BCUT2D eigenvalue weighted by Gasteiger charge is 2.26. The number of hydrogen-bond acceptors (Lipinski definition) is 5. The average Bonchev–Trinajstić information content (AvgIpc) is 4.02. The number of nitrogens with zero attached hydrogens (tertiary/aromatic N) is 8. The third-order valence-corrected chi connectivity index (χ3v) is 13.9. The molecule has 0 amide bonds. The first kappa shape index (κ1) is 44.8. The normalized spacial score (nSPS) is 10.9. The topological polar surface area (TPSA) is 133 Å². The zero-order valence-corrected chi connectivity index (χ0v) is 39.5. The molecule has 12 aromatic rings. The van der Waals surface area contributed by atoms with Crippen molar-refractivity contribution in [3.05, 3.63) is 245 Å². The Kier molecular flexibility index (Phi) is 10.8. The number of nitriles is 5. The van der Waals surface area contributed by atoms with Crippen LogP contribution in [0.15, 0.2) is 200 Å². The molecule has 9 heteroatoms. The van der Waals surface area contributed by atoms with Gasteiger partial charge in [0.25, 0.3) is 0 Å². The quantitative estimate of drug-likeness (QED) is 0.147. The largest absolute Gasteiger partial charge is 0.308 e. The predicted octanol–water partition coefficient (Wildman–Crippen LogP) is 16.3. The number of benzene rings is 10. The van der Waals surface area contributed by atoms with E-state index in [1.54, 1.807) is 48.5 Å². The third-order valence-electron chi connectivity index (χ3n) is 13.9. The molecule has 0 aliphatic rings. The van der Waals surface area contributed by atoms with Crippen molar-refractivity contribution >= 4 is 49.3 Å². The van der Waals surface area contributed by atoms with Crippen LogP contribution in [0.5, 0.6) is 0 Å². The summed E-state index contributed by atoms with van der Waals surface area (Å²) in [7, 11) is 0. The summed E-state index contributed by atoms with van der Waals surface area (Å²) in [6, 6.07) is 73.2. The highest BCUT2D eigenvalue weighted by molar-refractivity contribution is 6.14. The van der Waals surface area contributed by atoms with Gasteiger partial charge in [0.15, 0.2) is 5.69 Å². The Labute approximate surface area is 429 Å². The lowest BCUT2D eigenvalue weighted by Gasteiger charge is -2.22. The van der Waals surface area contributed by atoms with Crippen molar-refractivity contribution in [2.75, 3.05) is 0 Å². The van der Waals surface area contributed by atoms with Crippen molar-refractivity contribution in [2.24, 2.45) is 0 Å². The predicted molar refractivity (Wildman–Crippen MR) is 292 cm³/mol. The summed E-state index contributed by atoms with van der Waals surface area (Å²) in [5.74, 6) is -0.656. The lowest BCUT2D eigenvalue weighted by Crippen LogP contribution is -2.06. The molecule has 10 aromatic carbocycles. The molecule has 2 aromatic heterocycles. The molecule has 0 bridgehead atoms. The van der Waals surface area contributed by atoms with E-state index in [2.05, 4.69) is 50.4 Å². The van der Waals surface area contributed by atoms with Gasteiger partial charge in [-0.2, -0.15) is 26.3 Å². The smallest absolute Gasteiger partial charge is 0.187 e. The minimum Gasteiger partial charge on any atom is -0.308 e. The summed E-state index contributed by atoms with van der Waals surface area (Å²) in [6.45, 7) is 7.78. The molecule has 0 aliphatic carbocycles. The van der Waals surface area contributed by atoms with Gasteiger partial charge in [-0.15, -0.1) is 0 Å². The van der Waals surface area contributed by atoms with Crippen LogP contribution in [0.3, 0.4) is 0 Å². The van der Waals surface area contributed by atoms with E-state index in [0.717, 1.165) is 88.1 Å². The van der Waals surface area contributed by atoms with E-state index in [-0.39, 0.29) is 16.7 Å². The maximum Gasteiger partial charge on any atom is 0.187 e. The highest BCUT2D eigenvalue weighted by atomic mass is 19.1. The minimum atomic E-state index is -0.656. The summed E-state index contributed by atoms with van der Waals surface area (Å²) >= 11 is 0. The number of aromatic nitrogens is 2. The molecule has 0 radical (unpaired) electrons.